The molecule has 0 aliphatic carbocycles. The minimum atomic E-state index is -0.105. The molecular weight excluding hydrogens is 338 g/mol. The first-order valence-electron chi connectivity index (χ1n) is 9.40. The number of anilines is 2. The Balaban J connectivity index is 2.10. The van der Waals surface area contributed by atoms with Gasteiger partial charge in [-0.25, -0.2) is 0 Å². The van der Waals surface area contributed by atoms with Crippen molar-refractivity contribution in [2.75, 3.05) is 18.1 Å². The third-order valence-corrected chi connectivity index (χ3v) is 4.64. The van der Waals surface area contributed by atoms with Gasteiger partial charge in [0, 0.05) is 29.3 Å². The molecule has 2 rings (SSSR count). The number of carbonyl (C=O) groups is 1. The molecule has 2 aromatic rings. The zero-order valence-corrected chi connectivity index (χ0v) is 16.9. The zero-order valence-electron chi connectivity index (χ0n) is 16.9. The summed E-state index contributed by atoms with van der Waals surface area (Å²) in [6, 6.07) is 13.3. The van der Waals surface area contributed by atoms with E-state index in [0.29, 0.717) is 46.9 Å². The van der Waals surface area contributed by atoms with Crippen molar-refractivity contribution in [3.05, 3.63) is 53.6 Å². The topological polar surface area (TPSA) is 81.6 Å². The van der Waals surface area contributed by atoms with Crippen LogP contribution in [0.1, 0.15) is 50.5 Å². The Morgan fingerprint density at radius 2 is 1.56 bits per heavy atom. The molecule has 146 valence electrons. The highest BCUT2D eigenvalue weighted by Gasteiger charge is 2.20. The maximum absolute atomic E-state index is 12.7. The Bertz CT molecular complexity index is 779. The number of benzene rings is 2. The van der Waals surface area contributed by atoms with Crippen LogP contribution in [0.3, 0.4) is 0 Å². The number of nitrogens with two attached hydrogens (primary N) is 2. The number of ketones is 1. The van der Waals surface area contributed by atoms with E-state index in [1.54, 1.807) is 30.3 Å². The van der Waals surface area contributed by atoms with E-state index in [-0.39, 0.29) is 11.8 Å². The Labute approximate surface area is 162 Å². The molecule has 27 heavy (non-hydrogen) atoms. The summed E-state index contributed by atoms with van der Waals surface area (Å²) in [5.74, 6) is 0.578. The second-order valence-electron chi connectivity index (χ2n) is 7.50. The fourth-order valence-corrected chi connectivity index (χ4v) is 3.53. The first-order chi connectivity index (χ1) is 12.7. The van der Waals surface area contributed by atoms with E-state index in [1.807, 2.05) is 12.1 Å². The number of ether oxygens (including phenoxy) is 1. The summed E-state index contributed by atoms with van der Waals surface area (Å²) in [6.07, 6.45) is 0. The van der Waals surface area contributed by atoms with Gasteiger partial charge >= 0.3 is 0 Å². The number of nitrogens with zero attached hydrogens (tertiary/aromatic N) is 1. The predicted molar refractivity (Wildman–Crippen MR) is 112 cm³/mol. The summed E-state index contributed by atoms with van der Waals surface area (Å²) in [7, 11) is 0. The number of rotatable bonds is 8. The van der Waals surface area contributed by atoms with E-state index < -0.39 is 0 Å². The minimum Gasteiger partial charge on any atom is -0.492 e. The van der Waals surface area contributed by atoms with Crippen LogP contribution >= 0.6 is 0 Å². The summed E-state index contributed by atoms with van der Waals surface area (Å²) in [5.41, 5.74) is 13.5. The second kappa shape index (κ2) is 8.91. The SMILES string of the molecule is CC(C)N(C(C)C)C(C)COc1cccc(C(=O)c2ccc(N)c(N)c2)c1. The van der Waals surface area contributed by atoms with Crippen LogP contribution in [0.25, 0.3) is 0 Å². The average molecular weight is 370 g/mol. The fraction of sp³-hybridized carbons (Fsp3) is 0.409. The van der Waals surface area contributed by atoms with Crippen LogP contribution in [-0.2, 0) is 0 Å². The van der Waals surface area contributed by atoms with Gasteiger partial charge in [0.2, 0.25) is 0 Å². The molecule has 0 saturated heterocycles. The molecular formula is C22H31N3O2. The standard InChI is InChI=1S/C22H31N3O2/c1-14(2)25(15(3)4)16(5)13-27-19-8-6-7-17(11-19)22(26)18-9-10-20(23)21(24)12-18/h6-12,14-16H,13,23-24H2,1-5H3. The highest BCUT2D eigenvalue weighted by atomic mass is 16.5. The van der Waals surface area contributed by atoms with Gasteiger partial charge < -0.3 is 16.2 Å². The van der Waals surface area contributed by atoms with E-state index in [0.717, 1.165) is 0 Å². The summed E-state index contributed by atoms with van der Waals surface area (Å²) in [4.78, 5) is 15.1. The van der Waals surface area contributed by atoms with Crippen LogP contribution < -0.4 is 16.2 Å². The molecule has 5 nitrogen and oxygen atoms in total. The first kappa shape index (κ1) is 20.8. The van der Waals surface area contributed by atoms with Gasteiger partial charge in [-0.1, -0.05) is 12.1 Å². The molecule has 0 fully saturated rings. The van der Waals surface area contributed by atoms with Gasteiger partial charge in [0.25, 0.3) is 0 Å². The lowest BCUT2D eigenvalue weighted by Crippen LogP contribution is -2.46. The molecule has 0 amide bonds. The molecule has 4 N–H and O–H groups in total. The summed E-state index contributed by atoms with van der Waals surface area (Å²) in [5, 5.41) is 0. The monoisotopic (exact) mass is 369 g/mol. The van der Waals surface area contributed by atoms with Crippen molar-refractivity contribution in [1.29, 1.82) is 0 Å². The van der Waals surface area contributed by atoms with Crippen molar-refractivity contribution >= 4 is 17.2 Å². The molecule has 0 spiro atoms. The fourth-order valence-electron chi connectivity index (χ4n) is 3.53. The van der Waals surface area contributed by atoms with E-state index >= 15 is 0 Å². The molecule has 0 radical (unpaired) electrons. The summed E-state index contributed by atoms with van der Waals surface area (Å²) in [6.45, 7) is 11.5. The van der Waals surface area contributed by atoms with E-state index in [4.69, 9.17) is 16.2 Å². The number of carbonyl (C=O) groups excluding carboxylic acids is 1. The lowest BCUT2D eigenvalue weighted by atomic mass is 10.0. The van der Waals surface area contributed by atoms with Crippen LogP contribution in [0.15, 0.2) is 42.5 Å². The molecule has 0 bridgehead atoms. The van der Waals surface area contributed by atoms with Crippen LogP contribution in [0.5, 0.6) is 5.75 Å². The van der Waals surface area contributed by atoms with Crippen molar-refractivity contribution in [1.82, 2.24) is 4.90 Å². The maximum atomic E-state index is 12.7. The van der Waals surface area contributed by atoms with Crippen molar-refractivity contribution in [2.24, 2.45) is 0 Å². The number of hydrogen-bond donors (Lipinski definition) is 2. The average Bonchev–Trinajstić information content (AvgIpc) is 2.61. The quantitative estimate of drug-likeness (QED) is 0.543. The molecule has 0 aromatic heterocycles. The minimum absolute atomic E-state index is 0.105. The molecule has 0 aliphatic rings. The van der Waals surface area contributed by atoms with Crippen LogP contribution in [0, 0.1) is 0 Å². The van der Waals surface area contributed by atoms with Crippen molar-refractivity contribution in [3.8, 4) is 5.75 Å². The van der Waals surface area contributed by atoms with Gasteiger partial charge in [0.15, 0.2) is 5.78 Å². The molecule has 0 aliphatic heterocycles. The van der Waals surface area contributed by atoms with Gasteiger partial charge in [-0.15, -0.1) is 0 Å². The van der Waals surface area contributed by atoms with E-state index in [1.165, 1.54) is 0 Å². The summed E-state index contributed by atoms with van der Waals surface area (Å²) >= 11 is 0. The molecule has 0 saturated carbocycles. The maximum Gasteiger partial charge on any atom is 0.193 e. The van der Waals surface area contributed by atoms with Gasteiger partial charge in [-0.05, 0) is 65.0 Å². The summed E-state index contributed by atoms with van der Waals surface area (Å²) < 4.78 is 5.98. The first-order valence-corrected chi connectivity index (χ1v) is 9.40. The van der Waals surface area contributed by atoms with Crippen molar-refractivity contribution in [2.45, 2.75) is 52.7 Å². The van der Waals surface area contributed by atoms with Crippen molar-refractivity contribution in [3.63, 3.8) is 0 Å². The second-order valence-corrected chi connectivity index (χ2v) is 7.50. The Hall–Kier alpha value is -2.53. The smallest absolute Gasteiger partial charge is 0.193 e. The number of nitrogen functional groups attached to an aromatic ring is 2. The Morgan fingerprint density at radius 3 is 2.15 bits per heavy atom. The predicted octanol–water partition coefficient (Wildman–Crippen LogP) is 3.97. The van der Waals surface area contributed by atoms with Gasteiger partial charge in [0.05, 0.1) is 11.4 Å². The molecule has 5 heteroatoms. The molecule has 1 atom stereocenters. The third-order valence-electron chi connectivity index (χ3n) is 4.64. The van der Waals surface area contributed by atoms with E-state index in [9.17, 15) is 4.79 Å². The lowest BCUT2D eigenvalue weighted by molar-refractivity contribution is 0.0856. The molecule has 0 heterocycles. The van der Waals surface area contributed by atoms with Gasteiger partial charge in [-0.3, -0.25) is 9.69 Å². The molecule has 1 unspecified atom stereocenters. The van der Waals surface area contributed by atoms with Gasteiger partial charge in [0.1, 0.15) is 12.4 Å². The normalized spacial score (nSPS) is 12.6. The van der Waals surface area contributed by atoms with Crippen LogP contribution in [-0.4, -0.2) is 35.4 Å². The highest BCUT2D eigenvalue weighted by molar-refractivity contribution is 6.10. The largest absolute Gasteiger partial charge is 0.492 e. The van der Waals surface area contributed by atoms with Crippen molar-refractivity contribution < 1.29 is 9.53 Å². The van der Waals surface area contributed by atoms with Gasteiger partial charge in [-0.2, -0.15) is 0 Å². The third kappa shape index (κ3) is 5.23. The Morgan fingerprint density at radius 1 is 0.926 bits per heavy atom. The lowest BCUT2D eigenvalue weighted by Gasteiger charge is -2.36. The van der Waals surface area contributed by atoms with E-state index in [2.05, 4.69) is 39.5 Å². The highest BCUT2D eigenvalue weighted by Crippen LogP contribution is 2.21. The number of hydrogen-bond acceptors (Lipinski definition) is 5. The zero-order chi connectivity index (χ0) is 20.1. The Kier molecular flexibility index (Phi) is 6.86. The van der Waals surface area contributed by atoms with Crippen LogP contribution in [0.2, 0.25) is 0 Å². The molecule has 2 aromatic carbocycles. The van der Waals surface area contributed by atoms with Crippen LogP contribution in [0.4, 0.5) is 11.4 Å².